The summed E-state index contributed by atoms with van der Waals surface area (Å²) in [5.74, 6) is 1.36. The second kappa shape index (κ2) is 8.01. The summed E-state index contributed by atoms with van der Waals surface area (Å²) in [5, 5.41) is 9.44. The molecular formula is C18H24N4O2S. The molecular weight excluding hydrogens is 336 g/mol. The van der Waals surface area contributed by atoms with Crippen LogP contribution in [0.15, 0.2) is 23.4 Å². The lowest BCUT2D eigenvalue weighted by molar-refractivity contribution is 0.102. The van der Waals surface area contributed by atoms with Crippen molar-refractivity contribution in [1.82, 2.24) is 14.8 Å². The van der Waals surface area contributed by atoms with Crippen LogP contribution in [-0.4, -0.2) is 52.6 Å². The maximum Gasteiger partial charge on any atom is 0.228 e. The third-order valence-corrected chi connectivity index (χ3v) is 5.29. The Bertz CT molecular complexity index is 754. The molecule has 0 saturated carbocycles. The van der Waals surface area contributed by atoms with Crippen LogP contribution in [-0.2, 0) is 11.3 Å². The Labute approximate surface area is 152 Å². The molecule has 1 fully saturated rings. The largest absolute Gasteiger partial charge is 0.378 e. The Morgan fingerprint density at radius 2 is 2.00 bits per heavy atom. The summed E-state index contributed by atoms with van der Waals surface area (Å²) >= 11 is 1.45. The van der Waals surface area contributed by atoms with Crippen molar-refractivity contribution in [2.75, 3.05) is 37.0 Å². The van der Waals surface area contributed by atoms with E-state index in [0.29, 0.717) is 19.0 Å². The van der Waals surface area contributed by atoms with Gasteiger partial charge in [-0.05, 0) is 26.3 Å². The average Bonchev–Trinajstić information content (AvgIpc) is 3.03. The molecule has 6 nitrogen and oxygen atoms in total. The molecule has 1 aliphatic rings. The van der Waals surface area contributed by atoms with Gasteiger partial charge in [-0.3, -0.25) is 9.36 Å². The number of thioether (sulfide) groups is 1. The van der Waals surface area contributed by atoms with Crippen molar-refractivity contribution in [3.63, 3.8) is 0 Å². The van der Waals surface area contributed by atoms with Gasteiger partial charge in [-0.15, -0.1) is 10.2 Å². The van der Waals surface area contributed by atoms with Gasteiger partial charge in [0.1, 0.15) is 0 Å². The number of carbonyl (C=O) groups excluding carboxylic acids is 1. The summed E-state index contributed by atoms with van der Waals surface area (Å²) in [4.78, 5) is 14.7. The Morgan fingerprint density at radius 1 is 1.24 bits per heavy atom. The maximum absolute atomic E-state index is 12.6. The first kappa shape index (κ1) is 17.9. The van der Waals surface area contributed by atoms with Crippen molar-refractivity contribution < 1.29 is 9.53 Å². The van der Waals surface area contributed by atoms with Crippen LogP contribution in [0.5, 0.6) is 0 Å². The van der Waals surface area contributed by atoms with Crippen molar-refractivity contribution in [1.29, 1.82) is 0 Å². The summed E-state index contributed by atoms with van der Waals surface area (Å²) < 4.78 is 7.47. The van der Waals surface area contributed by atoms with E-state index < -0.39 is 0 Å². The van der Waals surface area contributed by atoms with Gasteiger partial charge in [-0.2, -0.15) is 0 Å². The van der Waals surface area contributed by atoms with Gasteiger partial charge in [-0.25, -0.2) is 0 Å². The van der Waals surface area contributed by atoms with Gasteiger partial charge in [0.05, 0.1) is 19.0 Å². The molecule has 0 radical (unpaired) electrons. The Balaban J connectivity index is 1.70. The van der Waals surface area contributed by atoms with E-state index >= 15 is 0 Å². The molecule has 1 aliphatic heterocycles. The molecule has 2 heterocycles. The number of rotatable bonds is 6. The third kappa shape index (κ3) is 4.04. The van der Waals surface area contributed by atoms with Crippen LogP contribution < -0.4 is 4.90 Å². The number of ether oxygens (including phenoxy) is 1. The molecule has 0 N–H and O–H groups in total. The van der Waals surface area contributed by atoms with E-state index in [1.807, 2.05) is 32.0 Å². The molecule has 0 spiro atoms. The monoisotopic (exact) mass is 360 g/mol. The van der Waals surface area contributed by atoms with Crippen LogP contribution in [0.25, 0.3) is 0 Å². The zero-order valence-electron chi connectivity index (χ0n) is 15.0. The summed E-state index contributed by atoms with van der Waals surface area (Å²) in [6.45, 7) is 9.94. The van der Waals surface area contributed by atoms with Crippen molar-refractivity contribution in [3.8, 4) is 0 Å². The number of hydrogen-bond donors (Lipinski definition) is 0. The Hall–Kier alpha value is -1.86. The third-order valence-electron chi connectivity index (χ3n) is 4.32. The fraction of sp³-hybridized carbons (Fsp3) is 0.500. The number of aryl methyl sites for hydroxylation is 2. The highest BCUT2D eigenvalue weighted by Gasteiger charge is 2.20. The normalized spacial score (nSPS) is 14.8. The van der Waals surface area contributed by atoms with Crippen molar-refractivity contribution in [2.45, 2.75) is 32.5 Å². The Morgan fingerprint density at radius 3 is 2.68 bits per heavy atom. The molecule has 3 rings (SSSR count). The minimum Gasteiger partial charge on any atom is -0.378 e. The zero-order valence-corrected chi connectivity index (χ0v) is 15.8. The highest BCUT2D eigenvalue weighted by Crippen LogP contribution is 2.24. The molecule has 0 bridgehead atoms. The van der Waals surface area contributed by atoms with E-state index in [0.717, 1.165) is 41.9 Å². The molecule has 1 saturated heterocycles. The number of hydrogen-bond acceptors (Lipinski definition) is 6. The van der Waals surface area contributed by atoms with E-state index in [9.17, 15) is 4.79 Å². The van der Waals surface area contributed by atoms with E-state index in [1.54, 1.807) is 0 Å². The Kier molecular flexibility index (Phi) is 5.75. The van der Waals surface area contributed by atoms with Crippen molar-refractivity contribution >= 4 is 23.5 Å². The first-order valence-electron chi connectivity index (χ1n) is 8.59. The molecule has 1 aromatic carbocycles. The van der Waals surface area contributed by atoms with Gasteiger partial charge in [0.15, 0.2) is 10.9 Å². The summed E-state index contributed by atoms with van der Waals surface area (Å²) in [6.07, 6.45) is 0. The summed E-state index contributed by atoms with van der Waals surface area (Å²) in [5.41, 5.74) is 2.98. The van der Waals surface area contributed by atoms with Crippen LogP contribution in [0.3, 0.4) is 0 Å². The van der Waals surface area contributed by atoms with Crippen LogP contribution in [0, 0.1) is 13.8 Å². The lowest BCUT2D eigenvalue weighted by Gasteiger charge is -2.27. The fourth-order valence-corrected chi connectivity index (χ4v) is 3.88. The number of nitrogens with zero attached hydrogens (tertiary/aromatic N) is 4. The highest BCUT2D eigenvalue weighted by molar-refractivity contribution is 7.99. The number of benzene rings is 1. The molecule has 25 heavy (non-hydrogen) atoms. The molecule has 0 amide bonds. The first-order chi connectivity index (χ1) is 12.1. The zero-order chi connectivity index (χ0) is 17.8. The molecule has 0 unspecified atom stereocenters. The molecule has 134 valence electrons. The van der Waals surface area contributed by atoms with Crippen molar-refractivity contribution in [3.05, 3.63) is 34.9 Å². The molecule has 0 aliphatic carbocycles. The standard InChI is InChI=1S/C18H24N4O2S/c1-4-22-17(21-7-9-24-10-8-21)19-20-18(22)25-12-16(23)15-6-5-13(2)11-14(15)3/h5-6,11H,4,7-10,12H2,1-3H3. The number of anilines is 1. The predicted molar refractivity (Wildman–Crippen MR) is 99.7 cm³/mol. The quantitative estimate of drug-likeness (QED) is 0.583. The summed E-state index contributed by atoms with van der Waals surface area (Å²) in [7, 11) is 0. The summed E-state index contributed by atoms with van der Waals surface area (Å²) in [6, 6.07) is 5.94. The first-order valence-corrected chi connectivity index (χ1v) is 9.58. The number of Topliss-reactive ketones (excluding diaryl/α,β-unsaturated/α-hetero) is 1. The van der Waals surface area contributed by atoms with Crippen LogP contribution >= 0.6 is 11.8 Å². The fourth-order valence-electron chi connectivity index (χ4n) is 3.00. The minimum absolute atomic E-state index is 0.126. The van der Waals surface area contributed by atoms with Gasteiger partial charge in [0.2, 0.25) is 5.95 Å². The molecule has 0 atom stereocenters. The predicted octanol–water partition coefficient (Wildman–Crippen LogP) is 2.73. The van der Waals surface area contributed by atoms with E-state index in [4.69, 9.17) is 4.74 Å². The van der Waals surface area contributed by atoms with Gasteiger partial charge in [0, 0.05) is 25.2 Å². The topological polar surface area (TPSA) is 60.2 Å². The average molecular weight is 360 g/mol. The smallest absolute Gasteiger partial charge is 0.228 e. The number of carbonyl (C=O) groups is 1. The second-order valence-electron chi connectivity index (χ2n) is 6.16. The van der Waals surface area contributed by atoms with Gasteiger partial charge in [0.25, 0.3) is 0 Å². The van der Waals surface area contributed by atoms with Gasteiger partial charge in [-0.1, -0.05) is 35.5 Å². The maximum atomic E-state index is 12.6. The van der Waals surface area contributed by atoms with Crippen LogP contribution in [0.2, 0.25) is 0 Å². The molecule has 1 aromatic heterocycles. The van der Waals surface area contributed by atoms with E-state index in [1.165, 1.54) is 17.3 Å². The minimum atomic E-state index is 0.126. The number of ketones is 1. The molecule has 7 heteroatoms. The SMILES string of the molecule is CCn1c(SCC(=O)c2ccc(C)cc2C)nnc1N1CCOCC1. The molecule has 2 aromatic rings. The van der Waals surface area contributed by atoms with Crippen LogP contribution in [0.1, 0.15) is 28.4 Å². The van der Waals surface area contributed by atoms with Gasteiger partial charge >= 0.3 is 0 Å². The number of morpholine rings is 1. The number of aromatic nitrogens is 3. The lowest BCUT2D eigenvalue weighted by atomic mass is 10.0. The lowest BCUT2D eigenvalue weighted by Crippen LogP contribution is -2.38. The van der Waals surface area contributed by atoms with E-state index in [-0.39, 0.29) is 5.78 Å². The highest BCUT2D eigenvalue weighted by atomic mass is 32.2. The second-order valence-corrected chi connectivity index (χ2v) is 7.10. The van der Waals surface area contributed by atoms with E-state index in [2.05, 4.69) is 26.6 Å². The van der Waals surface area contributed by atoms with Crippen LogP contribution in [0.4, 0.5) is 5.95 Å². The van der Waals surface area contributed by atoms with Gasteiger partial charge < -0.3 is 9.64 Å². The van der Waals surface area contributed by atoms with Crippen molar-refractivity contribution in [2.24, 2.45) is 0 Å².